The third kappa shape index (κ3) is 68.6. The Morgan fingerprint density at radius 1 is 0.287 bits per heavy atom. The van der Waals surface area contributed by atoms with Gasteiger partial charge in [-0.3, -0.25) is 37.3 Å². The van der Waals surface area contributed by atoms with Crippen LogP contribution in [-0.4, -0.2) is 96.7 Å². The van der Waals surface area contributed by atoms with E-state index >= 15 is 0 Å². The topological polar surface area (TPSA) is 237 Å². The molecule has 0 amide bonds. The Kier molecular flexibility index (Phi) is 66.8. The van der Waals surface area contributed by atoms with Crippen LogP contribution in [0, 0.1) is 5.92 Å². The number of ether oxygens (including phenoxy) is 4. The highest BCUT2D eigenvalue weighted by atomic mass is 31.2. The van der Waals surface area contributed by atoms with Crippen LogP contribution in [0.4, 0.5) is 0 Å². The highest BCUT2D eigenvalue weighted by Crippen LogP contribution is 2.45. The zero-order chi connectivity index (χ0) is 69.1. The molecule has 0 bridgehead atoms. The number of carbonyl (C=O) groups excluding carboxylic acids is 4. The first-order chi connectivity index (χ1) is 45.5. The first-order valence-corrected chi connectivity index (χ1v) is 42.1. The third-order valence-corrected chi connectivity index (χ3v) is 19.4. The van der Waals surface area contributed by atoms with Gasteiger partial charge in [0.25, 0.3) is 0 Å². The van der Waals surface area contributed by atoms with Gasteiger partial charge in [0.1, 0.15) is 19.3 Å². The second kappa shape index (κ2) is 68.2. The maximum absolute atomic E-state index is 13.1. The van der Waals surface area contributed by atoms with Gasteiger partial charge in [0.05, 0.1) is 26.4 Å². The van der Waals surface area contributed by atoms with Gasteiger partial charge >= 0.3 is 39.5 Å². The second-order valence-corrected chi connectivity index (χ2v) is 30.4. The fourth-order valence-corrected chi connectivity index (χ4v) is 13.1. The Hall–Kier alpha value is -1.94. The molecule has 19 heteroatoms. The van der Waals surface area contributed by atoms with E-state index in [9.17, 15) is 43.2 Å². The minimum atomic E-state index is -4.96. The summed E-state index contributed by atoms with van der Waals surface area (Å²) >= 11 is 0. The molecule has 5 atom stereocenters. The summed E-state index contributed by atoms with van der Waals surface area (Å²) in [5.41, 5.74) is 0. The van der Waals surface area contributed by atoms with E-state index in [-0.39, 0.29) is 25.7 Å². The molecule has 0 rings (SSSR count). The molecule has 0 aromatic heterocycles. The lowest BCUT2D eigenvalue weighted by Gasteiger charge is -2.21. The average Bonchev–Trinajstić information content (AvgIpc) is 2.52. The zero-order valence-electron chi connectivity index (χ0n) is 61.1. The van der Waals surface area contributed by atoms with E-state index in [1.807, 2.05) is 0 Å². The van der Waals surface area contributed by atoms with Crippen LogP contribution in [0.3, 0.4) is 0 Å². The fourth-order valence-electron chi connectivity index (χ4n) is 11.5. The van der Waals surface area contributed by atoms with Gasteiger partial charge in [0.2, 0.25) is 0 Å². The summed E-state index contributed by atoms with van der Waals surface area (Å²) in [6.45, 7) is 7.27. The predicted octanol–water partition coefficient (Wildman–Crippen LogP) is 22.1. The SMILES string of the molecule is CCCCCCCCCCCCCCCCCCCCCCC(=O)O[C@H](COC(=O)CCCCCCCCCCCCCCCC(C)C)COP(=O)(O)OC[C@@H](O)COP(=O)(O)OC[C@@H](COC(=O)CCCCCCCCCC)OC(=O)CCCCCCCCCCCC. The van der Waals surface area contributed by atoms with E-state index in [0.717, 1.165) is 102 Å². The van der Waals surface area contributed by atoms with E-state index < -0.39 is 97.5 Å². The van der Waals surface area contributed by atoms with Gasteiger partial charge in [0, 0.05) is 25.7 Å². The maximum atomic E-state index is 13.1. The van der Waals surface area contributed by atoms with E-state index in [0.29, 0.717) is 25.7 Å². The van der Waals surface area contributed by atoms with Crippen LogP contribution >= 0.6 is 15.6 Å². The summed E-state index contributed by atoms with van der Waals surface area (Å²) in [6, 6.07) is 0. The molecule has 0 aliphatic heterocycles. The number of hydrogen-bond donors (Lipinski definition) is 3. The molecule has 0 aromatic carbocycles. The Balaban J connectivity index is 5.18. The predicted molar refractivity (Wildman–Crippen MR) is 382 cm³/mol. The van der Waals surface area contributed by atoms with Crippen molar-refractivity contribution >= 4 is 39.5 Å². The summed E-state index contributed by atoms with van der Waals surface area (Å²) in [7, 11) is -9.90. The number of phosphoric ester groups is 2. The number of phosphoric acid groups is 2. The molecule has 558 valence electrons. The van der Waals surface area contributed by atoms with Crippen molar-refractivity contribution in [3.05, 3.63) is 0 Å². The van der Waals surface area contributed by atoms with Crippen LogP contribution in [0.1, 0.15) is 394 Å². The molecule has 0 aliphatic rings. The number of aliphatic hydroxyl groups is 1. The van der Waals surface area contributed by atoms with Crippen LogP contribution in [0.25, 0.3) is 0 Å². The van der Waals surface area contributed by atoms with Gasteiger partial charge in [-0.15, -0.1) is 0 Å². The molecule has 0 heterocycles. The van der Waals surface area contributed by atoms with Crippen LogP contribution in [0.5, 0.6) is 0 Å². The summed E-state index contributed by atoms with van der Waals surface area (Å²) in [5, 5.41) is 10.6. The van der Waals surface area contributed by atoms with Crippen molar-refractivity contribution in [2.75, 3.05) is 39.6 Å². The minimum absolute atomic E-state index is 0.107. The van der Waals surface area contributed by atoms with E-state index in [1.54, 1.807) is 0 Å². The Morgan fingerprint density at radius 3 is 0.723 bits per heavy atom. The van der Waals surface area contributed by atoms with E-state index in [1.165, 1.54) is 212 Å². The smallest absolute Gasteiger partial charge is 0.462 e. The van der Waals surface area contributed by atoms with Gasteiger partial charge in [0.15, 0.2) is 12.2 Å². The fraction of sp³-hybridized carbons (Fsp3) is 0.947. The third-order valence-electron chi connectivity index (χ3n) is 17.5. The standard InChI is InChI=1S/C75H146O17P2/c1-6-9-12-15-18-21-23-24-25-26-27-28-29-30-33-37-41-46-51-56-61-75(80)92-71(65-86-73(78)59-54-49-44-40-36-34-31-32-35-38-42-47-52-57-68(4)5)67-90-94(83,84)88-63-69(76)62-87-93(81,82)89-66-70(64-85-72(77)58-53-48-43-20-17-14-11-8-3)91-74(79)60-55-50-45-39-22-19-16-13-10-7-2/h68-71,76H,6-67H2,1-5H3,(H,81,82)(H,83,84)/t69-,70+,71+/m0/s1. The van der Waals surface area contributed by atoms with Crippen LogP contribution in [-0.2, 0) is 65.4 Å². The largest absolute Gasteiger partial charge is 0.472 e. The maximum Gasteiger partial charge on any atom is 0.472 e. The molecular weight excluding hydrogens is 1230 g/mol. The first kappa shape index (κ1) is 92.1. The number of esters is 4. The molecule has 17 nitrogen and oxygen atoms in total. The lowest BCUT2D eigenvalue weighted by molar-refractivity contribution is -0.161. The zero-order valence-corrected chi connectivity index (χ0v) is 62.9. The number of hydrogen-bond acceptors (Lipinski definition) is 15. The number of rotatable bonds is 75. The molecule has 0 aromatic rings. The lowest BCUT2D eigenvalue weighted by Crippen LogP contribution is -2.30. The van der Waals surface area contributed by atoms with Crippen molar-refractivity contribution in [1.29, 1.82) is 0 Å². The Morgan fingerprint density at radius 2 is 0.489 bits per heavy atom. The van der Waals surface area contributed by atoms with E-state index in [2.05, 4.69) is 34.6 Å². The van der Waals surface area contributed by atoms with Crippen molar-refractivity contribution in [2.24, 2.45) is 5.92 Å². The Labute approximate surface area is 575 Å². The molecule has 3 N–H and O–H groups in total. The molecule has 0 fully saturated rings. The normalized spacial score (nSPS) is 14.0. The van der Waals surface area contributed by atoms with Crippen molar-refractivity contribution in [2.45, 2.75) is 412 Å². The van der Waals surface area contributed by atoms with Gasteiger partial charge in [-0.05, 0) is 31.6 Å². The van der Waals surface area contributed by atoms with Crippen LogP contribution in [0.2, 0.25) is 0 Å². The molecule has 0 saturated carbocycles. The summed E-state index contributed by atoms with van der Waals surface area (Å²) in [6.07, 6.45) is 57.0. The number of unbranched alkanes of at least 4 members (excludes halogenated alkanes) is 47. The van der Waals surface area contributed by atoms with Gasteiger partial charge < -0.3 is 33.8 Å². The monoisotopic (exact) mass is 1380 g/mol. The lowest BCUT2D eigenvalue weighted by atomic mass is 10.0. The van der Waals surface area contributed by atoms with Crippen molar-refractivity contribution in [3.8, 4) is 0 Å². The molecule has 0 saturated heterocycles. The molecule has 0 radical (unpaired) electrons. The van der Waals surface area contributed by atoms with Gasteiger partial charge in [-0.2, -0.15) is 0 Å². The molecular formula is C75H146O17P2. The van der Waals surface area contributed by atoms with Crippen molar-refractivity contribution in [3.63, 3.8) is 0 Å². The van der Waals surface area contributed by atoms with Gasteiger partial charge in [-0.1, -0.05) is 343 Å². The highest BCUT2D eigenvalue weighted by Gasteiger charge is 2.30. The van der Waals surface area contributed by atoms with Gasteiger partial charge in [-0.25, -0.2) is 9.13 Å². The Bertz CT molecular complexity index is 1810. The highest BCUT2D eigenvalue weighted by molar-refractivity contribution is 7.47. The quantitative estimate of drug-likeness (QED) is 0.0222. The second-order valence-electron chi connectivity index (χ2n) is 27.5. The summed E-state index contributed by atoms with van der Waals surface area (Å²) in [4.78, 5) is 72.6. The molecule has 0 spiro atoms. The number of carbonyl (C=O) groups is 4. The molecule has 0 aliphatic carbocycles. The average molecular weight is 1380 g/mol. The molecule has 2 unspecified atom stereocenters. The van der Waals surface area contributed by atoms with Crippen LogP contribution in [0.15, 0.2) is 0 Å². The van der Waals surface area contributed by atoms with Crippen LogP contribution < -0.4 is 0 Å². The minimum Gasteiger partial charge on any atom is -0.462 e. The summed E-state index contributed by atoms with van der Waals surface area (Å²) < 4.78 is 68.4. The number of aliphatic hydroxyl groups excluding tert-OH is 1. The first-order valence-electron chi connectivity index (χ1n) is 39.1. The molecule has 94 heavy (non-hydrogen) atoms. The summed E-state index contributed by atoms with van der Waals surface area (Å²) in [5.74, 6) is -1.33. The van der Waals surface area contributed by atoms with Crippen molar-refractivity contribution < 1.29 is 80.2 Å². The van der Waals surface area contributed by atoms with Crippen molar-refractivity contribution in [1.82, 2.24) is 0 Å². The van der Waals surface area contributed by atoms with E-state index in [4.69, 9.17) is 37.0 Å².